The standard InChI is InChI=1S/C29H34N2O3/c1-6-19-12-21(8-3)28(32)23(14-19)17-30-26-11-10-25(34-5)16-27(26)31-18-24-15-20(7-2)13-22(9-4)29(24)33/h10-18,32-33H,6-9H2,1-5H3. The lowest BCUT2D eigenvalue weighted by Crippen LogP contribution is -1.93. The van der Waals surface area contributed by atoms with Gasteiger partial charge in [-0.15, -0.1) is 0 Å². The fourth-order valence-electron chi connectivity index (χ4n) is 3.84. The number of phenolic OH excluding ortho intramolecular Hbond substituents is 2. The molecule has 178 valence electrons. The van der Waals surface area contributed by atoms with E-state index in [9.17, 15) is 10.2 Å². The Bertz CT molecular complexity index is 1210. The zero-order valence-electron chi connectivity index (χ0n) is 20.7. The lowest BCUT2D eigenvalue weighted by molar-refractivity contribution is 0.415. The van der Waals surface area contributed by atoms with Crippen molar-refractivity contribution >= 4 is 23.8 Å². The molecule has 0 aromatic heterocycles. The minimum atomic E-state index is 0.254. The van der Waals surface area contributed by atoms with Gasteiger partial charge in [0.2, 0.25) is 0 Å². The molecule has 0 bridgehead atoms. The lowest BCUT2D eigenvalue weighted by atomic mass is 10.0. The van der Waals surface area contributed by atoms with Crippen LogP contribution in [-0.2, 0) is 25.7 Å². The number of nitrogens with zero attached hydrogens (tertiary/aromatic N) is 2. The summed E-state index contributed by atoms with van der Waals surface area (Å²) in [5, 5.41) is 21.3. The van der Waals surface area contributed by atoms with Crippen LogP contribution >= 0.6 is 0 Å². The predicted molar refractivity (Wildman–Crippen MR) is 141 cm³/mol. The molecular weight excluding hydrogens is 424 g/mol. The van der Waals surface area contributed by atoms with Gasteiger partial charge < -0.3 is 14.9 Å². The van der Waals surface area contributed by atoms with E-state index in [1.807, 2.05) is 56.3 Å². The summed E-state index contributed by atoms with van der Waals surface area (Å²) >= 11 is 0. The Hall–Kier alpha value is -3.60. The van der Waals surface area contributed by atoms with Crippen LogP contribution in [0.2, 0.25) is 0 Å². The summed E-state index contributed by atoms with van der Waals surface area (Å²) in [6, 6.07) is 13.5. The molecule has 0 saturated carbocycles. The third kappa shape index (κ3) is 5.66. The molecule has 0 aliphatic rings. The molecule has 0 aliphatic heterocycles. The smallest absolute Gasteiger partial charge is 0.127 e. The molecule has 0 saturated heterocycles. The zero-order chi connectivity index (χ0) is 24.7. The quantitative estimate of drug-likeness (QED) is 0.344. The number of aliphatic imine (C=N–C) groups is 2. The second-order valence-electron chi connectivity index (χ2n) is 8.17. The fraction of sp³-hybridized carbons (Fsp3) is 0.310. The van der Waals surface area contributed by atoms with Crippen molar-refractivity contribution in [3.8, 4) is 17.2 Å². The average molecular weight is 459 g/mol. The molecule has 0 amide bonds. The Kier molecular flexibility index (Phi) is 8.47. The number of aromatic hydroxyl groups is 2. The van der Waals surface area contributed by atoms with Crippen molar-refractivity contribution in [3.05, 3.63) is 75.8 Å². The molecule has 0 unspecified atom stereocenters. The van der Waals surface area contributed by atoms with E-state index < -0.39 is 0 Å². The summed E-state index contributed by atoms with van der Waals surface area (Å²) < 4.78 is 5.39. The molecule has 0 aliphatic carbocycles. The normalized spacial score (nSPS) is 11.6. The van der Waals surface area contributed by atoms with Gasteiger partial charge in [0.05, 0.1) is 18.5 Å². The molecule has 3 aromatic rings. The van der Waals surface area contributed by atoms with Crippen LogP contribution in [-0.4, -0.2) is 29.8 Å². The van der Waals surface area contributed by atoms with Gasteiger partial charge in [0.1, 0.15) is 17.2 Å². The Morgan fingerprint density at radius 2 is 1.18 bits per heavy atom. The summed E-state index contributed by atoms with van der Waals surface area (Å²) in [5.74, 6) is 1.18. The molecular formula is C29H34N2O3. The average Bonchev–Trinajstić information content (AvgIpc) is 2.87. The topological polar surface area (TPSA) is 74.4 Å². The SMILES string of the molecule is CCc1cc(C=Nc2ccc(OC)cc2N=Cc2cc(CC)cc(CC)c2O)c(O)c(CC)c1. The Labute approximate surface area is 202 Å². The van der Waals surface area contributed by atoms with Crippen LogP contribution in [0.1, 0.15) is 61.1 Å². The highest BCUT2D eigenvalue weighted by Crippen LogP contribution is 2.34. The first-order chi connectivity index (χ1) is 16.4. The van der Waals surface area contributed by atoms with Crippen molar-refractivity contribution in [2.45, 2.75) is 53.4 Å². The number of hydrogen-bond acceptors (Lipinski definition) is 5. The van der Waals surface area contributed by atoms with Crippen molar-refractivity contribution in [3.63, 3.8) is 0 Å². The van der Waals surface area contributed by atoms with Gasteiger partial charge in [-0.05, 0) is 72.2 Å². The summed E-state index contributed by atoms with van der Waals surface area (Å²) in [6.07, 6.45) is 6.60. The number of aryl methyl sites for hydroxylation is 4. The molecule has 5 nitrogen and oxygen atoms in total. The monoisotopic (exact) mass is 458 g/mol. The maximum absolute atomic E-state index is 10.7. The third-order valence-electron chi connectivity index (χ3n) is 6.00. The van der Waals surface area contributed by atoms with Crippen molar-refractivity contribution in [1.82, 2.24) is 0 Å². The Morgan fingerprint density at radius 1 is 0.676 bits per heavy atom. The second-order valence-corrected chi connectivity index (χ2v) is 8.17. The molecule has 0 heterocycles. The Morgan fingerprint density at radius 3 is 1.62 bits per heavy atom. The number of rotatable bonds is 9. The van der Waals surface area contributed by atoms with Gasteiger partial charge in [0.15, 0.2) is 0 Å². The van der Waals surface area contributed by atoms with E-state index in [0.717, 1.165) is 47.9 Å². The molecule has 3 aromatic carbocycles. The first-order valence-corrected chi connectivity index (χ1v) is 11.9. The highest BCUT2D eigenvalue weighted by Gasteiger charge is 2.10. The van der Waals surface area contributed by atoms with Crippen LogP contribution in [0.3, 0.4) is 0 Å². The summed E-state index contributed by atoms with van der Waals surface area (Å²) in [7, 11) is 1.61. The molecule has 0 atom stereocenters. The van der Waals surface area contributed by atoms with Crippen molar-refractivity contribution < 1.29 is 14.9 Å². The van der Waals surface area contributed by atoms with E-state index in [2.05, 4.69) is 23.8 Å². The number of phenols is 2. The van der Waals surface area contributed by atoms with Gasteiger partial charge in [0.25, 0.3) is 0 Å². The van der Waals surface area contributed by atoms with Gasteiger partial charge in [-0.1, -0.05) is 39.8 Å². The molecule has 5 heteroatoms. The Balaban J connectivity index is 2.04. The van der Waals surface area contributed by atoms with Crippen molar-refractivity contribution in [2.75, 3.05) is 7.11 Å². The molecule has 0 fully saturated rings. The van der Waals surface area contributed by atoms with Crippen LogP contribution in [0.25, 0.3) is 0 Å². The maximum atomic E-state index is 10.7. The zero-order valence-corrected chi connectivity index (χ0v) is 20.7. The van der Waals surface area contributed by atoms with Gasteiger partial charge >= 0.3 is 0 Å². The minimum Gasteiger partial charge on any atom is -0.507 e. The molecule has 34 heavy (non-hydrogen) atoms. The van der Waals surface area contributed by atoms with Crippen LogP contribution in [0.15, 0.2) is 52.4 Å². The number of ether oxygens (including phenoxy) is 1. The highest BCUT2D eigenvalue weighted by molar-refractivity contribution is 5.90. The van der Waals surface area contributed by atoms with E-state index >= 15 is 0 Å². The van der Waals surface area contributed by atoms with E-state index in [0.29, 0.717) is 28.3 Å². The first-order valence-electron chi connectivity index (χ1n) is 11.9. The molecule has 0 radical (unpaired) electrons. The maximum Gasteiger partial charge on any atom is 0.127 e. The van der Waals surface area contributed by atoms with Crippen molar-refractivity contribution in [1.29, 1.82) is 0 Å². The van der Waals surface area contributed by atoms with Gasteiger partial charge in [-0.25, -0.2) is 0 Å². The minimum absolute atomic E-state index is 0.254. The van der Waals surface area contributed by atoms with Crippen LogP contribution in [0.5, 0.6) is 17.2 Å². The molecule has 0 spiro atoms. The third-order valence-corrected chi connectivity index (χ3v) is 6.00. The predicted octanol–water partition coefficient (Wildman–Crippen LogP) is 6.86. The lowest BCUT2D eigenvalue weighted by Gasteiger charge is -2.10. The van der Waals surface area contributed by atoms with Crippen LogP contribution in [0.4, 0.5) is 11.4 Å². The van der Waals surface area contributed by atoms with E-state index in [4.69, 9.17) is 4.74 Å². The highest BCUT2D eigenvalue weighted by atomic mass is 16.5. The molecule has 3 rings (SSSR count). The number of methoxy groups -OCH3 is 1. The van der Waals surface area contributed by atoms with E-state index in [-0.39, 0.29) is 11.5 Å². The van der Waals surface area contributed by atoms with Crippen LogP contribution < -0.4 is 4.74 Å². The van der Waals surface area contributed by atoms with Gasteiger partial charge in [-0.2, -0.15) is 0 Å². The summed E-state index contributed by atoms with van der Waals surface area (Å²) in [6.45, 7) is 8.24. The largest absolute Gasteiger partial charge is 0.507 e. The molecule has 2 N–H and O–H groups in total. The first kappa shape index (κ1) is 25.0. The van der Waals surface area contributed by atoms with Crippen LogP contribution in [0, 0.1) is 0 Å². The number of hydrogen-bond donors (Lipinski definition) is 2. The van der Waals surface area contributed by atoms with Crippen molar-refractivity contribution in [2.24, 2.45) is 9.98 Å². The van der Waals surface area contributed by atoms with E-state index in [1.54, 1.807) is 19.5 Å². The van der Waals surface area contributed by atoms with E-state index in [1.165, 1.54) is 0 Å². The summed E-state index contributed by atoms with van der Waals surface area (Å²) in [5.41, 5.74) is 6.72. The van der Waals surface area contributed by atoms with Gasteiger partial charge in [0, 0.05) is 29.6 Å². The van der Waals surface area contributed by atoms with Gasteiger partial charge in [-0.3, -0.25) is 9.98 Å². The number of benzene rings is 3. The summed E-state index contributed by atoms with van der Waals surface area (Å²) in [4.78, 5) is 9.31. The fourth-order valence-corrected chi connectivity index (χ4v) is 3.84. The second kappa shape index (κ2) is 11.5.